The first-order valence-corrected chi connectivity index (χ1v) is 11.0. The van der Waals surface area contributed by atoms with Crippen LogP contribution in [-0.4, -0.2) is 32.6 Å². The fraction of sp³-hybridized carbons (Fsp3) is 0.120. The maximum Gasteiger partial charge on any atom is 0.326 e. The summed E-state index contributed by atoms with van der Waals surface area (Å²) in [6, 6.07) is 13.9. The minimum Gasteiger partial charge on any atom is -0.480 e. The van der Waals surface area contributed by atoms with Crippen molar-refractivity contribution in [3.05, 3.63) is 98.5 Å². The molecule has 2 aromatic carbocycles. The molecule has 2 heterocycles. The standard InChI is InChI=1S/C25H19Cl2N3O4/c1-30-12-4-6-17(24(30)32)15-10-9-14(22-16(15)5-3-11-28-22)13-20(25(33)34)29-23(31)21-18(26)7-2-8-19(21)27/h2-12,20H,13H2,1H3,(H,29,31)(H,33,34)/t20-/m0/s1. The second-order valence-electron chi connectivity index (χ2n) is 7.67. The number of carboxylic acid groups (broad SMARTS) is 1. The van der Waals surface area contributed by atoms with Gasteiger partial charge in [0.25, 0.3) is 11.5 Å². The molecule has 0 fully saturated rings. The normalized spacial score (nSPS) is 11.9. The summed E-state index contributed by atoms with van der Waals surface area (Å²) in [5.41, 5.74) is 2.19. The Hall–Kier alpha value is -3.68. The largest absolute Gasteiger partial charge is 0.480 e. The second-order valence-corrected chi connectivity index (χ2v) is 8.49. The molecule has 2 N–H and O–H groups in total. The molecule has 0 unspecified atom stereocenters. The Labute approximate surface area is 204 Å². The van der Waals surface area contributed by atoms with Gasteiger partial charge >= 0.3 is 5.97 Å². The Morgan fingerprint density at radius 1 is 1.03 bits per heavy atom. The van der Waals surface area contributed by atoms with Crippen molar-refractivity contribution < 1.29 is 14.7 Å². The number of rotatable bonds is 6. The number of nitrogens with zero attached hydrogens (tertiary/aromatic N) is 2. The quantitative estimate of drug-likeness (QED) is 0.414. The van der Waals surface area contributed by atoms with Crippen LogP contribution in [0.15, 0.2) is 71.8 Å². The Kier molecular flexibility index (Phi) is 6.68. The van der Waals surface area contributed by atoms with Crippen LogP contribution in [0.2, 0.25) is 10.0 Å². The number of hydrogen-bond acceptors (Lipinski definition) is 4. The molecule has 4 rings (SSSR count). The molecule has 2 aromatic heterocycles. The Balaban J connectivity index is 1.72. The van der Waals surface area contributed by atoms with E-state index in [-0.39, 0.29) is 27.6 Å². The first kappa shape index (κ1) is 23.5. The minimum atomic E-state index is -1.26. The van der Waals surface area contributed by atoms with Crippen LogP contribution in [0.3, 0.4) is 0 Å². The van der Waals surface area contributed by atoms with E-state index in [1.54, 1.807) is 55.8 Å². The first-order chi connectivity index (χ1) is 16.3. The van der Waals surface area contributed by atoms with Crippen molar-refractivity contribution in [2.45, 2.75) is 12.5 Å². The lowest BCUT2D eigenvalue weighted by atomic mass is 9.95. The van der Waals surface area contributed by atoms with Gasteiger partial charge < -0.3 is 15.0 Å². The number of aliphatic carboxylic acids is 1. The summed E-state index contributed by atoms with van der Waals surface area (Å²) in [5.74, 6) is -1.91. The monoisotopic (exact) mass is 495 g/mol. The Morgan fingerprint density at radius 3 is 2.47 bits per heavy atom. The van der Waals surface area contributed by atoms with Gasteiger partial charge in [-0.15, -0.1) is 0 Å². The molecule has 0 saturated heterocycles. The molecule has 7 nitrogen and oxygen atoms in total. The lowest BCUT2D eigenvalue weighted by Gasteiger charge is -2.17. The number of carbonyl (C=O) groups is 2. The van der Waals surface area contributed by atoms with Crippen molar-refractivity contribution in [3.63, 3.8) is 0 Å². The molecule has 172 valence electrons. The maximum absolute atomic E-state index is 12.8. The van der Waals surface area contributed by atoms with E-state index in [4.69, 9.17) is 23.2 Å². The molecule has 0 saturated carbocycles. The molecule has 1 atom stereocenters. The molecule has 34 heavy (non-hydrogen) atoms. The van der Waals surface area contributed by atoms with Crippen LogP contribution in [0, 0.1) is 0 Å². The van der Waals surface area contributed by atoms with Crippen molar-refractivity contribution in [1.82, 2.24) is 14.9 Å². The number of benzene rings is 2. The van der Waals surface area contributed by atoms with Gasteiger partial charge in [0.05, 0.1) is 21.1 Å². The highest BCUT2D eigenvalue weighted by molar-refractivity contribution is 6.39. The van der Waals surface area contributed by atoms with E-state index in [9.17, 15) is 19.5 Å². The molecule has 0 aliphatic carbocycles. The van der Waals surface area contributed by atoms with Gasteiger partial charge in [0.2, 0.25) is 0 Å². The summed E-state index contributed by atoms with van der Waals surface area (Å²) in [4.78, 5) is 41.9. The SMILES string of the molecule is Cn1cccc(-c2ccc(C[C@H](NC(=O)c3c(Cl)cccc3Cl)C(=O)O)c3ncccc23)c1=O. The van der Waals surface area contributed by atoms with Crippen molar-refractivity contribution in [2.75, 3.05) is 0 Å². The van der Waals surface area contributed by atoms with E-state index in [2.05, 4.69) is 10.3 Å². The summed E-state index contributed by atoms with van der Waals surface area (Å²) in [6.07, 6.45) is 3.23. The molecule has 0 radical (unpaired) electrons. The van der Waals surface area contributed by atoms with Gasteiger partial charge in [-0.1, -0.05) is 47.5 Å². The van der Waals surface area contributed by atoms with Crippen LogP contribution in [-0.2, 0) is 18.3 Å². The van der Waals surface area contributed by atoms with Gasteiger partial charge in [0.15, 0.2) is 0 Å². The van der Waals surface area contributed by atoms with Crippen molar-refractivity contribution in [2.24, 2.45) is 7.05 Å². The van der Waals surface area contributed by atoms with Crippen LogP contribution < -0.4 is 10.9 Å². The molecule has 1 amide bonds. The van der Waals surface area contributed by atoms with E-state index in [0.717, 1.165) is 0 Å². The second kappa shape index (κ2) is 9.67. The highest BCUT2D eigenvalue weighted by Crippen LogP contribution is 2.29. The number of amides is 1. The third-order valence-corrected chi connectivity index (χ3v) is 6.11. The van der Waals surface area contributed by atoms with Crippen LogP contribution in [0.5, 0.6) is 0 Å². The fourth-order valence-corrected chi connectivity index (χ4v) is 4.37. The number of hydrogen-bond donors (Lipinski definition) is 2. The lowest BCUT2D eigenvalue weighted by Crippen LogP contribution is -2.42. The van der Waals surface area contributed by atoms with Crippen molar-refractivity contribution >= 4 is 46.0 Å². The predicted octanol–water partition coefficient (Wildman–Crippen LogP) is 4.33. The number of fused-ring (bicyclic) bond motifs is 1. The Morgan fingerprint density at radius 2 is 1.76 bits per heavy atom. The van der Waals surface area contributed by atoms with Gasteiger partial charge in [-0.25, -0.2) is 4.79 Å². The van der Waals surface area contributed by atoms with E-state index in [1.165, 1.54) is 16.7 Å². The third-order valence-electron chi connectivity index (χ3n) is 5.48. The number of halogens is 2. The number of nitrogens with one attached hydrogen (secondary N) is 1. The van der Waals surface area contributed by atoms with E-state index < -0.39 is 17.9 Å². The zero-order valence-corrected chi connectivity index (χ0v) is 19.5. The highest BCUT2D eigenvalue weighted by Gasteiger charge is 2.25. The van der Waals surface area contributed by atoms with E-state index in [1.807, 2.05) is 6.07 Å². The average molecular weight is 496 g/mol. The molecular formula is C25H19Cl2N3O4. The van der Waals surface area contributed by atoms with Gasteiger partial charge in [-0.3, -0.25) is 14.6 Å². The predicted molar refractivity (Wildman–Crippen MR) is 131 cm³/mol. The summed E-state index contributed by atoms with van der Waals surface area (Å²) in [6.45, 7) is 0. The van der Waals surface area contributed by atoms with Crippen LogP contribution in [0.1, 0.15) is 15.9 Å². The van der Waals surface area contributed by atoms with Crippen LogP contribution in [0.4, 0.5) is 0 Å². The molecule has 9 heteroatoms. The zero-order valence-electron chi connectivity index (χ0n) is 18.0. The maximum atomic E-state index is 12.8. The number of aryl methyl sites for hydroxylation is 1. The summed E-state index contributed by atoms with van der Waals surface area (Å²) < 4.78 is 1.49. The summed E-state index contributed by atoms with van der Waals surface area (Å²) >= 11 is 12.2. The number of pyridine rings is 2. The van der Waals surface area contributed by atoms with Crippen LogP contribution in [0.25, 0.3) is 22.0 Å². The number of carboxylic acids is 1. The Bertz CT molecular complexity index is 1460. The fourth-order valence-electron chi connectivity index (χ4n) is 3.80. The number of carbonyl (C=O) groups excluding carboxylic acids is 1. The summed E-state index contributed by atoms with van der Waals surface area (Å²) in [5, 5.41) is 13.2. The molecule has 0 aliphatic heterocycles. The van der Waals surface area contributed by atoms with Crippen molar-refractivity contribution in [3.8, 4) is 11.1 Å². The first-order valence-electron chi connectivity index (χ1n) is 10.3. The average Bonchev–Trinajstić information content (AvgIpc) is 2.80. The third kappa shape index (κ3) is 4.53. The van der Waals surface area contributed by atoms with Gasteiger partial charge in [-0.05, 0) is 41.5 Å². The van der Waals surface area contributed by atoms with Gasteiger partial charge in [0, 0.05) is 36.8 Å². The lowest BCUT2D eigenvalue weighted by molar-refractivity contribution is -0.139. The highest BCUT2D eigenvalue weighted by atomic mass is 35.5. The minimum absolute atomic E-state index is 0.00957. The molecule has 0 bridgehead atoms. The molecule has 4 aromatic rings. The van der Waals surface area contributed by atoms with Gasteiger partial charge in [-0.2, -0.15) is 0 Å². The topological polar surface area (TPSA) is 101 Å². The molecule has 0 aliphatic rings. The summed E-state index contributed by atoms with van der Waals surface area (Å²) in [7, 11) is 1.67. The zero-order chi connectivity index (χ0) is 24.4. The van der Waals surface area contributed by atoms with Gasteiger partial charge in [0.1, 0.15) is 6.04 Å². The van der Waals surface area contributed by atoms with Crippen LogP contribution >= 0.6 is 23.2 Å². The van der Waals surface area contributed by atoms with E-state index in [0.29, 0.717) is 27.6 Å². The van der Waals surface area contributed by atoms with Crippen molar-refractivity contribution in [1.29, 1.82) is 0 Å². The van der Waals surface area contributed by atoms with E-state index >= 15 is 0 Å². The molecule has 0 spiro atoms. The molecular weight excluding hydrogens is 477 g/mol. The smallest absolute Gasteiger partial charge is 0.326 e. The number of aromatic nitrogens is 2.